The maximum Gasteiger partial charge on any atom is 0.268 e. The van der Waals surface area contributed by atoms with Crippen LogP contribution in [0.2, 0.25) is 0 Å². The van der Waals surface area contributed by atoms with E-state index in [-0.39, 0.29) is 18.1 Å². The van der Waals surface area contributed by atoms with E-state index in [0.29, 0.717) is 17.1 Å². The maximum atomic E-state index is 12.4. The van der Waals surface area contributed by atoms with Gasteiger partial charge in [-0.1, -0.05) is 0 Å². The summed E-state index contributed by atoms with van der Waals surface area (Å²) in [4.78, 5) is 24.6. The van der Waals surface area contributed by atoms with Gasteiger partial charge in [-0.25, -0.2) is 0 Å². The van der Waals surface area contributed by atoms with E-state index < -0.39 is 5.91 Å². The molecule has 0 aliphatic carbocycles. The van der Waals surface area contributed by atoms with Crippen molar-refractivity contribution in [3.63, 3.8) is 0 Å². The summed E-state index contributed by atoms with van der Waals surface area (Å²) in [6.45, 7) is 0.218. The smallest absolute Gasteiger partial charge is 0.268 e. The average molecular weight is 342 g/mol. The highest BCUT2D eigenvalue weighted by molar-refractivity contribution is 7.08. The summed E-state index contributed by atoms with van der Waals surface area (Å²) < 4.78 is 10.4. The molecule has 3 rings (SSSR count). The first-order valence-electron chi connectivity index (χ1n) is 7.12. The van der Waals surface area contributed by atoms with Gasteiger partial charge in [0.1, 0.15) is 17.2 Å². The van der Waals surface area contributed by atoms with Gasteiger partial charge in [-0.2, -0.15) is 11.3 Å². The third-order valence-electron chi connectivity index (χ3n) is 3.11. The Bertz CT molecular complexity index is 818. The Kier molecular flexibility index (Phi) is 4.93. The molecule has 0 aliphatic heterocycles. The zero-order valence-electron chi connectivity index (χ0n) is 12.5. The molecular weight excluding hydrogens is 328 g/mol. The predicted octanol–water partition coefficient (Wildman–Crippen LogP) is 3.02. The monoisotopic (exact) mass is 342 g/mol. The lowest BCUT2D eigenvalue weighted by molar-refractivity contribution is -0.118. The molecule has 122 valence electrons. The van der Waals surface area contributed by atoms with E-state index in [1.54, 1.807) is 41.1 Å². The molecule has 0 spiro atoms. The molecule has 2 N–H and O–H groups in total. The fraction of sp³-hybridized carbons (Fsp3) is 0.0588. The van der Waals surface area contributed by atoms with E-state index in [1.165, 1.54) is 29.9 Å². The summed E-state index contributed by atoms with van der Waals surface area (Å²) in [5, 5.41) is 8.81. The van der Waals surface area contributed by atoms with Crippen molar-refractivity contribution in [3.05, 3.63) is 76.4 Å². The van der Waals surface area contributed by atoms with Crippen LogP contribution in [0.25, 0.3) is 6.08 Å². The Morgan fingerprint density at radius 2 is 1.96 bits per heavy atom. The van der Waals surface area contributed by atoms with Gasteiger partial charge in [0.2, 0.25) is 0 Å². The molecule has 24 heavy (non-hydrogen) atoms. The first-order valence-corrected chi connectivity index (χ1v) is 8.06. The molecule has 2 amide bonds. The summed E-state index contributed by atoms with van der Waals surface area (Å²) >= 11 is 1.41. The average Bonchev–Trinajstić information content (AvgIpc) is 3.34. The number of carbonyl (C=O) groups excluding carboxylic acids is 2. The van der Waals surface area contributed by atoms with Gasteiger partial charge in [-0.05, 0) is 35.7 Å². The molecule has 3 aromatic heterocycles. The summed E-state index contributed by atoms with van der Waals surface area (Å²) in [5.74, 6) is 0.280. The van der Waals surface area contributed by atoms with Gasteiger partial charge in [0.05, 0.1) is 24.6 Å². The highest BCUT2D eigenvalue weighted by Gasteiger charge is 2.15. The van der Waals surface area contributed by atoms with Gasteiger partial charge < -0.3 is 19.5 Å². The lowest BCUT2D eigenvalue weighted by Gasteiger charge is -2.09. The van der Waals surface area contributed by atoms with Crippen LogP contribution in [0.5, 0.6) is 0 Å². The third-order valence-corrected chi connectivity index (χ3v) is 3.79. The number of hydrogen-bond donors (Lipinski definition) is 2. The van der Waals surface area contributed by atoms with Crippen LogP contribution in [-0.2, 0) is 11.3 Å². The van der Waals surface area contributed by atoms with E-state index >= 15 is 0 Å². The molecule has 0 saturated heterocycles. The molecule has 0 saturated carbocycles. The quantitative estimate of drug-likeness (QED) is 0.675. The van der Waals surface area contributed by atoms with Gasteiger partial charge in [-0.3, -0.25) is 9.59 Å². The minimum absolute atomic E-state index is 0.0905. The van der Waals surface area contributed by atoms with Crippen LogP contribution in [0.15, 0.2) is 68.1 Å². The lowest BCUT2D eigenvalue weighted by atomic mass is 10.2. The molecule has 0 aromatic carbocycles. The third kappa shape index (κ3) is 4.02. The van der Waals surface area contributed by atoms with Crippen LogP contribution in [-0.4, -0.2) is 11.8 Å². The molecule has 6 nitrogen and oxygen atoms in total. The number of amides is 2. The van der Waals surface area contributed by atoms with Gasteiger partial charge in [0.25, 0.3) is 11.8 Å². The van der Waals surface area contributed by atoms with E-state index in [1.807, 2.05) is 0 Å². The van der Waals surface area contributed by atoms with E-state index in [2.05, 4.69) is 10.6 Å². The second-order valence-electron chi connectivity index (χ2n) is 4.80. The Morgan fingerprint density at radius 1 is 1.12 bits per heavy atom. The van der Waals surface area contributed by atoms with Crippen molar-refractivity contribution in [2.24, 2.45) is 0 Å². The van der Waals surface area contributed by atoms with Gasteiger partial charge >= 0.3 is 0 Å². The van der Waals surface area contributed by atoms with Crippen LogP contribution in [0.1, 0.15) is 21.9 Å². The summed E-state index contributed by atoms with van der Waals surface area (Å²) in [7, 11) is 0. The van der Waals surface area contributed by atoms with Crippen molar-refractivity contribution in [2.45, 2.75) is 6.54 Å². The van der Waals surface area contributed by atoms with Crippen molar-refractivity contribution in [1.29, 1.82) is 0 Å². The molecule has 3 aromatic rings. The Hall–Kier alpha value is -3.06. The number of furan rings is 2. The molecule has 7 heteroatoms. The van der Waals surface area contributed by atoms with Crippen molar-refractivity contribution in [1.82, 2.24) is 10.6 Å². The van der Waals surface area contributed by atoms with Crippen LogP contribution in [0.3, 0.4) is 0 Å². The number of hydrogen-bond acceptors (Lipinski definition) is 5. The Labute approximate surface area is 141 Å². The Balaban J connectivity index is 1.74. The molecular formula is C17H14N2O4S. The predicted molar refractivity (Wildman–Crippen MR) is 89.0 cm³/mol. The molecule has 0 unspecified atom stereocenters. The minimum atomic E-state index is -0.439. The zero-order chi connectivity index (χ0) is 16.8. The lowest BCUT2D eigenvalue weighted by Crippen LogP contribution is -2.34. The molecule has 0 aliphatic rings. The van der Waals surface area contributed by atoms with Gasteiger partial charge in [0, 0.05) is 11.5 Å². The molecule has 0 atom stereocenters. The second-order valence-corrected chi connectivity index (χ2v) is 5.58. The molecule has 3 heterocycles. The van der Waals surface area contributed by atoms with E-state index in [4.69, 9.17) is 8.83 Å². The summed E-state index contributed by atoms with van der Waals surface area (Å²) in [6, 6.07) is 8.56. The maximum absolute atomic E-state index is 12.4. The minimum Gasteiger partial charge on any atom is -0.467 e. The second kappa shape index (κ2) is 7.47. The standard InChI is InChI=1S/C17H14N2O4S/c20-16(12-5-8-24-11-12)19-15(9-13-3-1-6-22-13)17(21)18-10-14-4-2-7-23-14/h1-9,11H,10H2,(H,18,21)(H,19,20). The summed E-state index contributed by atoms with van der Waals surface area (Å²) in [6.07, 6.45) is 4.49. The van der Waals surface area contributed by atoms with Crippen LogP contribution >= 0.6 is 11.3 Å². The van der Waals surface area contributed by atoms with Crippen molar-refractivity contribution < 1.29 is 18.4 Å². The highest BCUT2D eigenvalue weighted by atomic mass is 32.1. The zero-order valence-corrected chi connectivity index (χ0v) is 13.3. The van der Waals surface area contributed by atoms with Crippen LogP contribution < -0.4 is 10.6 Å². The van der Waals surface area contributed by atoms with Crippen molar-refractivity contribution in [2.75, 3.05) is 0 Å². The number of rotatable bonds is 6. The SMILES string of the molecule is O=C(NCc1ccco1)C(=Cc1ccco1)NC(=O)c1ccsc1. The van der Waals surface area contributed by atoms with Crippen molar-refractivity contribution in [3.8, 4) is 0 Å². The normalized spacial score (nSPS) is 11.2. The molecule has 0 bridgehead atoms. The highest BCUT2D eigenvalue weighted by Crippen LogP contribution is 2.10. The molecule has 0 fully saturated rings. The van der Waals surface area contributed by atoms with E-state index in [9.17, 15) is 9.59 Å². The summed E-state index contributed by atoms with van der Waals surface area (Å²) in [5.41, 5.74) is 0.580. The van der Waals surface area contributed by atoms with Crippen molar-refractivity contribution >= 4 is 29.2 Å². The number of nitrogens with one attached hydrogen (secondary N) is 2. The fourth-order valence-corrected chi connectivity index (χ4v) is 2.57. The largest absolute Gasteiger partial charge is 0.467 e. The first kappa shape index (κ1) is 15.8. The van der Waals surface area contributed by atoms with E-state index in [0.717, 1.165) is 0 Å². The van der Waals surface area contributed by atoms with Crippen LogP contribution in [0, 0.1) is 0 Å². The molecule has 0 radical (unpaired) electrons. The Morgan fingerprint density at radius 3 is 2.62 bits per heavy atom. The topological polar surface area (TPSA) is 84.5 Å². The fourth-order valence-electron chi connectivity index (χ4n) is 1.94. The van der Waals surface area contributed by atoms with Gasteiger partial charge in [0.15, 0.2) is 0 Å². The first-order chi connectivity index (χ1) is 11.7. The number of carbonyl (C=O) groups is 2. The number of thiophene rings is 1. The van der Waals surface area contributed by atoms with Gasteiger partial charge in [-0.15, -0.1) is 0 Å². The van der Waals surface area contributed by atoms with Crippen LogP contribution in [0.4, 0.5) is 0 Å².